The van der Waals surface area contributed by atoms with Gasteiger partial charge in [-0.25, -0.2) is 4.79 Å². The summed E-state index contributed by atoms with van der Waals surface area (Å²) in [6.07, 6.45) is 2.34. The maximum Gasteiger partial charge on any atom is 0.335 e. The van der Waals surface area contributed by atoms with E-state index in [1.54, 1.807) is 12.1 Å². The molecule has 88 valence electrons. The van der Waals surface area contributed by atoms with Crippen molar-refractivity contribution in [2.45, 2.75) is 12.8 Å². The van der Waals surface area contributed by atoms with Gasteiger partial charge in [0.2, 0.25) is 0 Å². The van der Waals surface area contributed by atoms with E-state index >= 15 is 0 Å². The highest BCUT2D eigenvalue weighted by atomic mass is 16.5. The van der Waals surface area contributed by atoms with Crippen LogP contribution in [0.4, 0.5) is 5.82 Å². The fourth-order valence-corrected chi connectivity index (χ4v) is 2.21. The summed E-state index contributed by atoms with van der Waals surface area (Å²) in [7, 11) is 0. The second-order valence-electron chi connectivity index (χ2n) is 4.22. The summed E-state index contributed by atoms with van der Waals surface area (Å²) in [6, 6.07) is 4.87. The van der Waals surface area contributed by atoms with Crippen LogP contribution in [0, 0.1) is 0 Å². The Hall–Kier alpha value is -2.04. The lowest BCUT2D eigenvalue weighted by Crippen LogP contribution is -2.17. The van der Waals surface area contributed by atoms with Crippen molar-refractivity contribution in [3.05, 3.63) is 23.8 Å². The van der Waals surface area contributed by atoms with Crippen LogP contribution >= 0.6 is 0 Å². The first-order valence-corrected chi connectivity index (χ1v) is 5.63. The molecule has 0 unspecified atom stereocenters. The molecular formula is C12H12N2O3. The average molecular weight is 232 g/mol. The molecule has 1 aromatic heterocycles. The van der Waals surface area contributed by atoms with Gasteiger partial charge in [-0.15, -0.1) is 0 Å². The van der Waals surface area contributed by atoms with Gasteiger partial charge < -0.3 is 14.5 Å². The molecule has 1 aromatic carbocycles. The van der Waals surface area contributed by atoms with Gasteiger partial charge in [0.05, 0.1) is 10.9 Å². The Morgan fingerprint density at radius 3 is 2.82 bits per heavy atom. The molecule has 0 bridgehead atoms. The van der Waals surface area contributed by atoms with Crippen molar-refractivity contribution in [1.82, 2.24) is 5.16 Å². The molecule has 5 nitrogen and oxygen atoms in total. The minimum absolute atomic E-state index is 0.224. The predicted molar refractivity (Wildman–Crippen MR) is 62.4 cm³/mol. The minimum Gasteiger partial charge on any atom is -0.478 e. The number of carbonyl (C=O) groups is 1. The molecule has 0 amide bonds. The van der Waals surface area contributed by atoms with Crippen LogP contribution in [-0.2, 0) is 0 Å². The van der Waals surface area contributed by atoms with Crippen LogP contribution < -0.4 is 4.90 Å². The summed E-state index contributed by atoms with van der Waals surface area (Å²) in [5.74, 6) is -0.125. The summed E-state index contributed by atoms with van der Waals surface area (Å²) in [4.78, 5) is 13.0. The lowest BCUT2D eigenvalue weighted by atomic mass is 10.1. The molecular weight excluding hydrogens is 220 g/mol. The van der Waals surface area contributed by atoms with Crippen LogP contribution in [0.2, 0.25) is 0 Å². The first-order valence-electron chi connectivity index (χ1n) is 5.63. The van der Waals surface area contributed by atoms with Gasteiger partial charge in [0.25, 0.3) is 0 Å². The van der Waals surface area contributed by atoms with Gasteiger partial charge in [-0.3, -0.25) is 0 Å². The van der Waals surface area contributed by atoms with Gasteiger partial charge >= 0.3 is 5.97 Å². The van der Waals surface area contributed by atoms with Crippen molar-refractivity contribution in [2.24, 2.45) is 0 Å². The number of aromatic carboxylic acids is 1. The molecule has 1 N–H and O–H groups in total. The van der Waals surface area contributed by atoms with Gasteiger partial charge in [0.1, 0.15) is 0 Å². The van der Waals surface area contributed by atoms with Gasteiger partial charge in [0.15, 0.2) is 11.4 Å². The van der Waals surface area contributed by atoms with Crippen molar-refractivity contribution < 1.29 is 14.4 Å². The normalized spacial score (nSPS) is 15.6. The van der Waals surface area contributed by atoms with Crippen molar-refractivity contribution in [3.63, 3.8) is 0 Å². The lowest BCUT2D eigenvalue weighted by molar-refractivity contribution is 0.0697. The Morgan fingerprint density at radius 1 is 1.35 bits per heavy atom. The van der Waals surface area contributed by atoms with Gasteiger partial charge in [-0.2, -0.15) is 0 Å². The first kappa shape index (κ1) is 10.1. The van der Waals surface area contributed by atoms with E-state index in [1.165, 1.54) is 18.9 Å². The molecule has 2 aromatic rings. The van der Waals surface area contributed by atoms with Crippen LogP contribution in [0.15, 0.2) is 22.7 Å². The third-order valence-corrected chi connectivity index (χ3v) is 3.11. The maximum atomic E-state index is 10.8. The van der Waals surface area contributed by atoms with E-state index in [2.05, 4.69) is 10.1 Å². The second kappa shape index (κ2) is 3.76. The summed E-state index contributed by atoms with van der Waals surface area (Å²) < 4.78 is 5.20. The number of fused-ring (bicyclic) bond motifs is 1. The van der Waals surface area contributed by atoms with Gasteiger partial charge in [-0.1, -0.05) is 5.16 Å². The molecule has 1 aliphatic heterocycles. The number of rotatable bonds is 2. The summed E-state index contributed by atoms with van der Waals surface area (Å²) in [6.45, 7) is 1.98. The molecule has 0 atom stereocenters. The van der Waals surface area contributed by atoms with Crippen LogP contribution in [0.5, 0.6) is 0 Å². The monoisotopic (exact) mass is 232 g/mol. The predicted octanol–water partition coefficient (Wildman–Crippen LogP) is 2.13. The van der Waals surface area contributed by atoms with Crippen LogP contribution in [-0.4, -0.2) is 29.3 Å². The SMILES string of the molecule is O=C(O)c1ccc2c(N3CCCC3)noc2c1. The topological polar surface area (TPSA) is 66.6 Å². The van der Waals surface area contributed by atoms with Crippen LogP contribution in [0.25, 0.3) is 11.0 Å². The van der Waals surface area contributed by atoms with E-state index in [-0.39, 0.29) is 5.56 Å². The van der Waals surface area contributed by atoms with E-state index in [0.717, 1.165) is 24.3 Å². The molecule has 1 saturated heterocycles. The molecule has 5 heteroatoms. The molecule has 0 spiro atoms. The zero-order valence-electron chi connectivity index (χ0n) is 9.22. The molecule has 0 radical (unpaired) electrons. The number of benzene rings is 1. The molecule has 2 heterocycles. The summed E-state index contributed by atoms with van der Waals surface area (Å²) in [5.41, 5.74) is 0.758. The quantitative estimate of drug-likeness (QED) is 0.859. The van der Waals surface area contributed by atoms with Crippen LogP contribution in [0.1, 0.15) is 23.2 Å². The Labute approximate surface area is 97.6 Å². The Balaban J connectivity index is 2.07. The van der Waals surface area contributed by atoms with Crippen molar-refractivity contribution >= 4 is 22.8 Å². The van der Waals surface area contributed by atoms with E-state index < -0.39 is 5.97 Å². The minimum atomic E-state index is -0.953. The van der Waals surface area contributed by atoms with E-state index in [9.17, 15) is 4.79 Å². The Kier molecular flexibility index (Phi) is 2.24. The third-order valence-electron chi connectivity index (χ3n) is 3.11. The number of hydrogen-bond acceptors (Lipinski definition) is 4. The molecule has 0 saturated carbocycles. The van der Waals surface area contributed by atoms with Crippen molar-refractivity contribution in [3.8, 4) is 0 Å². The number of hydrogen-bond donors (Lipinski definition) is 1. The summed E-state index contributed by atoms with van der Waals surface area (Å²) >= 11 is 0. The van der Waals surface area contributed by atoms with Crippen molar-refractivity contribution in [1.29, 1.82) is 0 Å². The molecule has 1 aliphatic rings. The second-order valence-corrected chi connectivity index (χ2v) is 4.22. The summed E-state index contributed by atoms with van der Waals surface area (Å²) in [5, 5.41) is 13.8. The molecule has 1 fully saturated rings. The highest BCUT2D eigenvalue weighted by molar-refractivity contribution is 5.96. The highest BCUT2D eigenvalue weighted by Crippen LogP contribution is 2.29. The maximum absolute atomic E-state index is 10.8. The first-order chi connectivity index (χ1) is 8.25. The number of nitrogens with zero attached hydrogens (tertiary/aromatic N) is 2. The van der Waals surface area contributed by atoms with Crippen LogP contribution in [0.3, 0.4) is 0 Å². The third kappa shape index (κ3) is 1.63. The number of aromatic nitrogens is 1. The smallest absolute Gasteiger partial charge is 0.335 e. The Morgan fingerprint density at radius 2 is 2.12 bits per heavy atom. The fourth-order valence-electron chi connectivity index (χ4n) is 2.21. The molecule has 17 heavy (non-hydrogen) atoms. The van der Waals surface area contributed by atoms with Gasteiger partial charge in [0, 0.05) is 13.1 Å². The number of carboxylic acid groups (broad SMARTS) is 1. The Bertz CT molecular complexity index is 570. The highest BCUT2D eigenvalue weighted by Gasteiger charge is 2.19. The van der Waals surface area contributed by atoms with Crippen molar-refractivity contribution in [2.75, 3.05) is 18.0 Å². The number of carboxylic acids is 1. The number of anilines is 1. The lowest BCUT2D eigenvalue weighted by Gasteiger charge is -2.12. The largest absolute Gasteiger partial charge is 0.478 e. The zero-order chi connectivity index (χ0) is 11.8. The zero-order valence-corrected chi connectivity index (χ0v) is 9.22. The molecule has 0 aliphatic carbocycles. The molecule has 3 rings (SSSR count). The standard InChI is InChI=1S/C12H12N2O3/c15-12(16)8-3-4-9-10(7-8)17-13-11(9)14-5-1-2-6-14/h3-4,7H,1-2,5-6H2,(H,15,16). The fraction of sp³-hybridized carbons (Fsp3) is 0.333. The van der Waals surface area contributed by atoms with E-state index in [0.29, 0.717) is 5.58 Å². The van der Waals surface area contributed by atoms with E-state index in [1.807, 2.05) is 0 Å². The van der Waals surface area contributed by atoms with Gasteiger partial charge in [-0.05, 0) is 31.0 Å². The van der Waals surface area contributed by atoms with E-state index in [4.69, 9.17) is 9.63 Å². The average Bonchev–Trinajstić information content (AvgIpc) is 2.96.